The Labute approximate surface area is 194 Å². The first-order chi connectivity index (χ1) is 15.1. The monoisotopic (exact) mass is 498 g/mol. The highest BCUT2D eigenvalue weighted by molar-refractivity contribution is 9.10. The normalized spacial score (nSPS) is 11.4. The van der Waals surface area contributed by atoms with Crippen LogP contribution < -0.4 is 10.6 Å². The van der Waals surface area contributed by atoms with Crippen LogP contribution in [-0.2, 0) is 21.9 Å². The first-order valence-electron chi connectivity index (χ1n) is 9.75. The molecule has 0 aliphatic carbocycles. The Kier molecular flexibility index (Phi) is 8.99. The average molecular weight is 499 g/mol. The van der Waals surface area contributed by atoms with Crippen molar-refractivity contribution in [3.8, 4) is 0 Å². The molecule has 3 rings (SSSR count). The lowest BCUT2D eigenvalue weighted by molar-refractivity contribution is -0.117. The lowest BCUT2D eigenvalue weighted by Gasteiger charge is -2.18. The van der Waals surface area contributed by atoms with Gasteiger partial charge in [-0.15, -0.1) is 0 Å². The number of carbonyl (C=O) groups excluding carboxylic acids is 2. The molecule has 1 unspecified atom stereocenters. The Morgan fingerprint density at radius 1 is 0.871 bits per heavy atom. The molecule has 3 aromatic rings. The fourth-order valence-electron chi connectivity index (χ4n) is 2.72. The third-order valence-corrected chi connectivity index (χ3v) is 5.96. The van der Waals surface area contributed by atoms with Crippen LogP contribution in [0.5, 0.6) is 0 Å². The molecule has 7 heteroatoms. The third kappa shape index (κ3) is 8.11. The van der Waals surface area contributed by atoms with Gasteiger partial charge in [0, 0.05) is 21.7 Å². The SMILES string of the molecule is O=C(NC(CSCc1ccccc1)C(=O)Nc1ccc(Br)cc1)OCc1ccccc1. The topological polar surface area (TPSA) is 67.4 Å². The number of hydrogen-bond donors (Lipinski definition) is 2. The zero-order valence-electron chi connectivity index (χ0n) is 16.8. The van der Waals surface area contributed by atoms with Crippen molar-refractivity contribution in [1.29, 1.82) is 0 Å². The summed E-state index contributed by atoms with van der Waals surface area (Å²) in [5.41, 5.74) is 2.70. The minimum atomic E-state index is -0.736. The Morgan fingerprint density at radius 3 is 2.13 bits per heavy atom. The van der Waals surface area contributed by atoms with E-state index in [4.69, 9.17) is 4.74 Å². The van der Waals surface area contributed by atoms with Crippen molar-refractivity contribution in [1.82, 2.24) is 5.32 Å². The highest BCUT2D eigenvalue weighted by Crippen LogP contribution is 2.16. The number of thioether (sulfide) groups is 1. The summed E-state index contributed by atoms with van der Waals surface area (Å²) in [5.74, 6) is 0.862. The molecule has 0 heterocycles. The maximum atomic E-state index is 12.8. The van der Waals surface area contributed by atoms with Crippen LogP contribution in [0.4, 0.5) is 10.5 Å². The Hall–Kier alpha value is -2.77. The van der Waals surface area contributed by atoms with Gasteiger partial charge in [0.1, 0.15) is 12.6 Å². The molecule has 0 aliphatic heterocycles. The lowest BCUT2D eigenvalue weighted by Crippen LogP contribution is -2.45. The predicted octanol–water partition coefficient (Wildman–Crippen LogP) is 5.62. The molecule has 0 fully saturated rings. The lowest BCUT2D eigenvalue weighted by atomic mass is 10.2. The maximum absolute atomic E-state index is 12.8. The summed E-state index contributed by atoms with van der Waals surface area (Å²) in [4.78, 5) is 25.2. The number of amides is 2. The fraction of sp³-hybridized carbons (Fsp3) is 0.167. The first-order valence-corrected chi connectivity index (χ1v) is 11.7. The summed E-state index contributed by atoms with van der Waals surface area (Å²) in [6.07, 6.45) is -0.625. The number of nitrogens with one attached hydrogen (secondary N) is 2. The number of rotatable bonds is 9. The second-order valence-corrected chi connectivity index (χ2v) is 8.70. The van der Waals surface area contributed by atoms with Crippen molar-refractivity contribution in [2.75, 3.05) is 11.1 Å². The van der Waals surface area contributed by atoms with Gasteiger partial charge in [0.25, 0.3) is 0 Å². The van der Waals surface area contributed by atoms with E-state index in [-0.39, 0.29) is 12.5 Å². The van der Waals surface area contributed by atoms with Gasteiger partial charge in [-0.25, -0.2) is 4.79 Å². The molecule has 2 N–H and O–H groups in total. The highest BCUT2D eigenvalue weighted by atomic mass is 79.9. The average Bonchev–Trinajstić information content (AvgIpc) is 2.80. The fourth-order valence-corrected chi connectivity index (χ4v) is 4.00. The summed E-state index contributed by atoms with van der Waals surface area (Å²) in [5, 5.41) is 5.56. The van der Waals surface area contributed by atoms with Crippen LogP contribution in [0.2, 0.25) is 0 Å². The smallest absolute Gasteiger partial charge is 0.408 e. The van der Waals surface area contributed by atoms with Crippen molar-refractivity contribution in [3.63, 3.8) is 0 Å². The molecule has 160 valence electrons. The van der Waals surface area contributed by atoms with Gasteiger partial charge < -0.3 is 15.4 Å². The third-order valence-electron chi connectivity index (χ3n) is 4.33. The molecule has 0 aromatic heterocycles. The molecule has 0 radical (unpaired) electrons. The number of ether oxygens (including phenoxy) is 1. The van der Waals surface area contributed by atoms with E-state index < -0.39 is 12.1 Å². The number of anilines is 1. The number of carbonyl (C=O) groups is 2. The van der Waals surface area contributed by atoms with Gasteiger partial charge in [-0.3, -0.25) is 4.79 Å². The van der Waals surface area contributed by atoms with Crippen molar-refractivity contribution < 1.29 is 14.3 Å². The molecule has 0 bridgehead atoms. The zero-order chi connectivity index (χ0) is 21.9. The predicted molar refractivity (Wildman–Crippen MR) is 129 cm³/mol. The molecule has 31 heavy (non-hydrogen) atoms. The second kappa shape index (κ2) is 12.2. The summed E-state index contributed by atoms with van der Waals surface area (Å²) >= 11 is 4.95. The van der Waals surface area contributed by atoms with Crippen molar-refractivity contribution in [3.05, 3.63) is 101 Å². The van der Waals surface area contributed by atoms with Crippen LogP contribution in [0.15, 0.2) is 89.4 Å². The van der Waals surface area contributed by atoms with Crippen LogP contribution in [0.25, 0.3) is 0 Å². The molecule has 5 nitrogen and oxygen atoms in total. The minimum Gasteiger partial charge on any atom is -0.445 e. The molecule has 2 amide bonds. The van der Waals surface area contributed by atoms with E-state index in [1.165, 1.54) is 0 Å². The number of halogens is 1. The van der Waals surface area contributed by atoms with Crippen molar-refractivity contribution in [2.45, 2.75) is 18.4 Å². The summed E-state index contributed by atoms with van der Waals surface area (Å²) in [6, 6.07) is 25.9. The molecular formula is C24H23BrN2O3S. The maximum Gasteiger partial charge on any atom is 0.408 e. The van der Waals surface area contributed by atoms with E-state index in [0.29, 0.717) is 11.4 Å². The van der Waals surface area contributed by atoms with E-state index in [0.717, 1.165) is 21.4 Å². The summed E-state index contributed by atoms with van der Waals surface area (Å²) < 4.78 is 6.21. The van der Waals surface area contributed by atoms with Crippen LogP contribution in [0.1, 0.15) is 11.1 Å². The highest BCUT2D eigenvalue weighted by Gasteiger charge is 2.22. The van der Waals surface area contributed by atoms with Crippen LogP contribution in [0, 0.1) is 0 Å². The van der Waals surface area contributed by atoms with Gasteiger partial charge in [0.15, 0.2) is 0 Å². The number of benzene rings is 3. The van der Waals surface area contributed by atoms with Crippen molar-refractivity contribution in [2.24, 2.45) is 0 Å². The molecule has 3 aromatic carbocycles. The zero-order valence-corrected chi connectivity index (χ0v) is 19.2. The number of alkyl carbamates (subject to hydrolysis) is 1. The first kappa shape index (κ1) is 22.9. The largest absolute Gasteiger partial charge is 0.445 e. The van der Waals surface area contributed by atoms with E-state index in [2.05, 4.69) is 26.6 Å². The van der Waals surface area contributed by atoms with Gasteiger partial charge in [-0.1, -0.05) is 76.6 Å². The van der Waals surface area contributed by atoms with Gasteiger partial charge in [0.05, 0.1) is 0 Å². The standard InChI is InChI=1S/C24H23BrN2O3S/c25-20-11-13-21(14-12-20)26-23(28)22(17-31-16-19-9-5-2-6-10-19)27-24(29)30-15-18-7-3-1-4-8-18/h1-14,22H,15-17H2,(H,26,28)(H,27,29). The van der Waals surface area contributed by atoms with E-state index in [9.17, 15) is 9.59 Å². The molecular weight excluding hydrogens is 476 g/mol. The van der Waals surface area contributed by atoms with E-state index >= 15 is 0 Å². The molecule has 0 spiro atoms. The second-order valence-electron chi connectivity index (χ2n) is 6.76. The Bertz CT molecular complexity index is 969. The summed E-state index contributed by atoms with van der Waals surface area (Å²) in [7, 11) is 0. The molecule has 1 atom stereocenters. The van der Waals surface area contributed by atoms with Crippen molar-refractivity contribution >= 4 is 45.4 Å². The van der Waals surface area contributed by atoms with Gasteiger partial charge in [-0.2, -0.15) is 11.8 Å². The van der Waals surface area contributed by atoms with Gasteiger partial charge in [0.2, 0.25) is 5.91 Å². The van der Waals surface area contributed by atoms with Crippen LogP contribution >= 0.6 is 27.7 Å². The molecule has 0 aliphatic rings. The molecule has 0 saturated carbocycles. The van der Waals surface area contributed by atoms with Gasteiger partial charge in [-0.05, 0) is 35.4 Å². The van der Waals surface area contributed by atoms with Gasteiger partial charge >= 0.3 is 6.09 Å². The quantitative estimate of drug-likeness (QED) is 0.401. The van der Waals surface area contributed by atoms with Crippen LogP contribution in [-0.4, -0.2) is 23.8 Å². The van der Waals surface area contributed by atoms with E-state index in [1.807, 2.05) is 72.8 Å². The Morgan fingerprint density at radius 2 is 1.48 bits per heavy atom. The van der Waals surface area contributed by atoms with Crippen LogP contribution in [0.3, 0.4) is 0 Å². The minimum absolute atomic E-state index is 0.144. The molecule has 0 saturated heterocycles. The Balaban J connectivity index is 1.58. The number of hydrogen-bond acceptors (Lipinski definition) is 4. The summed E-state index contributed by atoms with van der Waals surface area (Å²) in [6.45, 7) is 0.144. The van der Waals surface area contributed by atoms with E-state index in [1.54, 1.807) is 23.9 Å².